The highest BCUT2D eigenvalue weighted by Gasteiger charge is 2.31. The number of hydrogen-bond acceptors (Lipinski definition) is 6. The Morgan fingerprint density at radius 3 is 2.67 bits per heavy atom. The second-order valence-electron chi connectivity index (χ2n) is 5.01. The summed E-state index contributed by atoms with van der Waals surface area (Å²) in [5.41, 5.74) is 0.888. The maximum absolute atomic E-state index is 12.1. The van der Waals surface area contributed by atoms with Crippen LogP contribution >= 0.6 is 0 Å². The molecule has 0 spiro atoms. The summed E-state index contributed by atoms with van der Waals surface area (Å²) in [5.74, 6) is -0.125. The summed E-state index contributed by atoms with van der Waals surface area (Å²) >= 11 is 0. The van der Waals surface area contributed by atoms with E-state index in [1.54, 1.807) is 6.07 Å². The first-order chi connectivity index (χ1) is 9.82. The van der Waals surface area contributed by atoms with Gasteiger partial charge in [-0.3, -0.25) is 0 Å². The number of nitrogens with zero attached hydrogens (tertiary/aromatic N) is 1. The van der Waals surface area contributed by atoms with Gasteiger partial charge in [-0.2, -0.15) is 0 Å². The highest BCUT2D eigenvalue weighted by molar-refractivity contribution is 7.92. The Bertz CT molecular complexity index is 684. The molecule has 2 rings (SSSR count). The molecule has 1 aromatic rings. The molecule has 1 saturated heterocycles. The Balaban J connectivity index is 2.06. The van der Waals surface area contributed by atoms with E-state index < -0.39 is 25.9 Å². The van der Waals surface area contributed by atoms with E-state index in [4.69, 9.17) is 0 Å². The van der Waals surface area contributed by atoms with E-state index in [0.29, 0.717) is 13.0 Å². The summed E-state index contributed by atoms with van der Waals surface area (Å²) in [6.07, 6.45) is 1.81. The lowest BCUT2D eigenvalue weighted by Gasteiger charge is -2.11. The molecule has 1 aromatic heterocycles. The SMILES string of the molecule is CCNCc1ccc(S(=O)(=O)NC2CCS(=O)(=O)C2)nc1. The number of pyridine rings is 1. The minimum absolute atomic E-state index is 0.0231. The topological polar surface area (TPSA) is 105 Å². The van der Waals surface area contributed by atoms with E-state index in [-0.39, 0.29) is 16.5 Å². The van der Waals surface area contributed by atoms with Crippen molar-refractivity contribution in [2.75, 3.05) is 18.1 Å². The average molecular weight is 333 g/mol. The highest BCUT2D eigenvalue weighted by Crippen LogP contribution is 2.15. The monoisotopic (exact) mass is 333 g/mol. The van der Waals surface area contributed by atoms with Gasteiger partial charge in [-0.05, 0) is 24.6 Å². The standard InChI is InChI=1S/C12H19N3O4S2/c1-2-13-7-10-3-4-12(14-8-10)21(18,19)15-11-5-6-20(16,17)9-11/h3-4,8,11,13,15H,2,5-7,9H2,1H3. The molecule has 118 valence electrons. The van der Waals surface area contributed by atoms with Gasteiger partial charge in [0, 0.05) is 18.8 Å². The normalized spacial score (nSPS) is 21.5. The van der Waals surface area contributed by atoms with Crippen LogP contribution in [0.15, 0.2) is 23.4 Å². The maximum Gasteiger partial charge on any atom is 0.258 e. The summed E-state index contributed by atoms with van der Waals surface area (Å²) in [4.78, 5) is 3.94. The van der Waals surface area contributed by atoms with Gasteiger partial charge < -0.3 is 5.32 Å². The number of aromatic nitrogens is 1. The van der Waals surface area contributed by atoms with E-state index in [9.17, 15) is 16.8 Å². The van der Waals surface area contributed by atoms with Crippen LogP contribution in [0, 0.1) is 0 Å². The van der Waals surface area contributed by atoms with Gasteiger partial charge in [0.05, 0.1) is 11.5 Å². The lowest BCUT2D eigenvalue weighted by molar-refractivity contribution is 0.558. The Morgan fingerprint density at radius 2 is 2.14 bits per heavy atom. The first-order valence-corrected chi connectivity index (χ1v) is 10.0. The van der Waals surface area contributed by atoms with Crippen molar-refractivity contribution in [3.05, 3.63) is 23.9 Å². The molecule has 1 atom stereocenters. The van der Waals surface area contributed by atoms with Crippen molar-refractivity contribution in [2.45, 2.75) is 31.0 Å². The molecule has 7 nitrogen and oxygen atoms in total. The van der Waals surface area contributed by atoms with Crippen LogP contribution in [0.25, 0.3) is 0 Å². The smallest absolute Gasteiger partial charge is 0.258 e. The molecule has 0 saturated carbocycles. The first-order valence-electron chi connectivity index (χ1n) is 6.71. The van der Waals surface area contributed by atoms with Crippen molar-refractivity contribution in [2.24, 2.45) is 0 Å². The summed E-state index contributed by atoms with van der Waals surface area (Å²) in [5, 5.41) is 3.03. The lowest BCUT2D eigenvalue weighted by Crippen LogP contribution is -2.36. The van der Waals surface area contributed by atoms with Crippen molar-refractivity contribution in [3.63, 3.8) is 0 Å². The van der Waals surface area contributed by atoms with E-state index in [1.165, 1.54) is 12.3 Å². The van der Waals surface area contributed by atoms with Gasteiger partial charge in [-0.25, -0.2) is 26.5 Å². The van der Waals surface area contributed by atoms with Gasteiger partial charge in [0.1, 0.15) is 0 Å². The zero-order valence-corrected chi connectivity index (χ0v) is 13.4. The molecule has 0 aliphatic carbocycles. The van der Waals surface area contributed by atoms with E-state index in [0.717, 1.165) is 12.1 Å². The van der Waals surface area contributed by atoms with Crippen LogP contribution in [0.3, 0.4) is 0 Å². The Labute approximate surface area is 125 Å². The van der Waals surface area contributed by atoms with Crippen LogP contribution in [-0.2, 0) is 26.4 Å². The van der Waals surface area contributed by atoms with Crippen molar-refractivity contribution in [1.82, 2.24) is 15.0 Å². The predicted octanol–water partition coefficient (Wildman–Crippen LogP) is -0.343. The molecule has 0 aromatic carbocycles. The fraction of sp³-hybridized carbons (Fsp3) is 0.583. The molecular formula is C12H19N3O4S2. The molecule has 1 aliphatic heterocycles. The quantitative estimate of drug-likeness (QED) is 0.738. The minimum Gasteiger partial charge on any atom is -0.313 e. The summed E-state index contributed by atoms with van der Waals surface area (Å²) in [6.45, 7) is 3.42. The third-order valence-electron chi connectivity index (χ3n) is 3.21. The third-order valence-corrected chi connectivity index (χ3v) is 6.41. The molecule has 21 heavy (non-hydrogen) atoms. The van der Waals surface area contributed by atoms with Crippen LogP contribution in [0.2, 0.25) is 0 Å². The number of sulfone groups is 1. The molecule has 9 heteroatoms. The van der Waals surface area contributed by atoms with Crippen molar-refractivity contribution in [3.8, 4) is 0 Å². The van der Waals surface area contributed by atoms with Gasteiger partial charge in [0.15, 0.2) is 14.9 Å². The predicted molar refractivity (Wildman–Crippen MR) is 79.0 cm³/mol. The molecule has 0 bridgehead atoms. The van der Waals surface area contributed by atoms with Crippen LogP contribution < -0.4 is 10.0 Å². The highest BCUT2D eigenvalue weighted by atomic mass is 32.2. The molecular weight excluding hydrogens is 314 g/mol. The molecule has 1 unspecified atom stereocenters. The number of hydrogen-bond donors (Lipinski definition) is 2. The minimum atomic E-state index is -3.78. The van der Waals surface area contributed by atoms with E-state index >= 15 is 0 Å². The Morgan fingerprint density at radius 1 is 1.38 bits per heavy atom. The van der Waals surface area contributed by atoms with Gasteiger partial charge in [-0.15, -0.1) is 0 Å². The van der Waals surface area contributed by atoms with Crippen LogP contribution in [0.4, 0.5) is 0 Å². The summed E-state index contributed by atoms with van der Waals surface area (Å²) in [6, 6.07) is 2.55. The molecule has 0 radical (unpaired) electrons. The first kappa shape index (κ1) is 16.3. The number of nitrogens with one attached hydrogen (secondary N) is 2. The second kappa shape index (κ2) is 6.39. The number of sulfonamides is 1. The van der Waals surface area contributed by atoms with Crippen LogP contribution in [-0.4, -0.2) is 45.9 Å². The van der Waals surface area contributed by atoms with Gasteiger partial charge in [0.25, 0.3) is 10.0 Å². The second-order valence-corrected chi connectivity index (χ2v) is 8.90. The van der Waals surface area contributed by atoms with Crippen molar-refractivity contribution in [1.29, 1.82) is 0 Å². The van der Waals surface area contributed by atoms with Crippen molar-refractivity contribution < 1.29 is 16.8 Å². The Hall–Kier alpha value is -1.03. The molecule has 2 N–H and O–H groups in total. The van der Waals surface area contributed by atoms with Gasteiger partial charge in [-0.1, -0.05) is 13.0 Å². The molecule has 0 amide bonds. The van der Waals surface area contributed by atoms with Gasteiger partial charge >= 0.3 is 0 Å². The fourth-order valence-corrected chi connectivity index (χ4v) is 5.09. The van der Waals surface area contributed by atoms with Gasteiger partial charge in [0.2, 0.25) is 0 Å². The maximum atomic E-state index is 12.1. The molecule has 1 fully saturated rings. The molecule has 2 heterocycles. The third kappa shape index (κ3) is 4.47. The largest absolute Gasteiger partial charge is 0.313 e. The van der Waals surface area contributed by atoms with E-state index in [2.05, 4.69) is 15.0 Å². The summed E-state index contributed by atoms with van der Waals surface area (Å²) in [7, 11) is -6.90. The molecule has 1 aliphatic rings. The zero-order chi connectivity index (χ0) is 15.5. The Kier molecular flexibility index (Phi) is 4.97. The van der Waals surface area contributed by atoms with Crippen LogP contribution in [0.1, 0.15) is 18.9 Å². The number of rotatable bonds is 6. The van der Waals surface area contributed by atoms with E-state index in [1.807, 2.05) is 6.92 Å². The zero-order valence-electron chi connectivity index (χ0n) is 11.7. The lowest BCUT2D eigenvalue weighted by atomic mass is 10.3. The average Bonchev–Trinajstić information content (AvgIpc) is 2.75. The van der Waals surface area contributed by atoms with Crippen molar-refractivity contribution >= 4 is 19.9 Å². The summed E-state index contributed by atoms with van der Waals surface area (Å²) < 4.78 is 49.4. The van der Waals surface area contributed by atoms with Crippen LogP contribution in [0.5, 0.6) is 0 Å². The fourth-order valence-electron chi connectivity index (χ4n) is 2.11.